The SMILES string of the molecule is COc1ccc(C(=O)c2oc3cc(NC(=O)c4cccs4)ccc3c2C)cc1OC. The third kappa shape index (κ3) is 3.55. The molecule has 6 nitrogen and oxygen atoms in total. The molecular formula is C23H19NO5S. The summed E-state index contributed by atoms with van der Waals surface area (Å²) < 4.78 is 16.4. The molecule has 152 valence electrons. The second kappa shape index (κ2) is 8.04. The minimum atomic E-state index is -0.256. The van der Waals surface area contributed by atoms with Crippen molar-refractivity contribution in [3.63, 3.8) is 0 Å². The third-order valence-corrected chi connectivity index (χ3v) is 5.66. The van der Waals surface area contributed by atoms with Crippen LogP contribution in [0.5, 0.6) is 11.5 Å². The lowest BCUT2D eigenvalue weighted by molar-refractivity contribution is 0.101. The highest BCUT2D eigenvalue weighted by molar-refractivity contribution is 7.12. The molecule has 0 spiro atoms. The number of hydrogen-bond donors (Lipinski definition) is 1. The van der Waals surface area contributed by atoms with E-state index in [0.29, 0.717) is 33.2 Å². The Bertz CT molecular complexity index is 1240. The quantitative estimate of drug-likeness (QED) is 0.427. The van der Waals surface area contributed by atoms with E-state index in [0.717, 1.165) is 10.9 Å². The van der Waals surface area contributed by atoms with Gasteiger partial charge in [-0.25, -0.2) is 0 Å². The maximum Gasteiger partial charge on any atom is 0.265 e. The van der Waals surface area contributed by atoms with Crippen LogP contribution in [0.15, 0.2) is 58.3 Å². The number of carbonyl (C=O) groups excluding carboxylic acids is 2. The maximum atomic E-state index is 13.1. The molecule has 0 radical (unpaired) electrons. The maximum absolute atomic E-state index is 13.1. The molecule has 0 saturated heterocycles. The largest absolute Gasteiger partial charge is 0.493 e. The first-order valence-corrected chi connectivity index (χ1v) is 10.0. The molecule has 0 bridgehead atoms. The molecule has 4 aromatic rings. The summed E-state index contributed by atoms with van der Waals surface area (Å²) in [6.45, 7) is 1.84. The number of ketones is 1. The first-order chi connectivity index (χ1) is 14.5. The first kappa shape index (κ1) is 19.7. The van der Waals surface area contributed by atoms with Crippen molar-refractivity contribution in [1.82, 2.24) is 0 Å². The number of aryl methyl sites for hydroxylation is 1. The van der Waals surface area contributed by atoms with E-state index < -0.39 is 0 Å². The van der Waals surface area contributed by atoms with Crippen LogP contribution >= 0.6 is 11.3 Å². The molecule has 0 atom stereocenters. The van der Waals surface area contributed by atoms with E-state index in [1.807, 2.05) is 24.4 Å². The standard InChI is InChI=1S/C23H19NO5S/c1-13-16-8-7-15(24-23(26)20-5-4-10-30-20)12-18(16)29-22(13)21(25)14-6-9-17(27-2)19(11-14)28-3/h4-12H,1-3H3,(H,24,26). The number of furan rings is 1. The Balaban J connectivity index is 1.66. The monoisotopic (exact) mass is 421 g/mol. The fraction of sp³-hybridized carbons (Fsp3) is 0.130. The van der Waals surface area contributed by atoms with Gasteiger partial charge in [-0.05, 0) is 48.7 Å². The second-order valence-corrected chi connectivity index (χ2v) is 7.55. The lowest BCUT2D eigenvalue weighted by Gasteiger charge is -2.08. The number of anilines is 1. The van der Waals surface area contributed by atoms with Crippen LogP contribution in [0.4, 0.5) is 5.69 Å². The van der Waals surface area contributed by atoms with Crippen molar-refractivity contribution in [3.8, 4) is 11.5 Å². The van der Waals surface area contributed by atoms with Crippen molar-refractivity contribution < 1.29 is 23.5 Å². The molecule has 2 aromatic carbocycles. The van der Waals surface area contributed by atoms with Crippen molar-refractivity contribution in [2.75, 3.05) is 19.5 Å². The molecule has 0 aliphatic carbocycles. The van der Waals surface area contributed by atoms with E-state index in [9.17, 15) is 9.59 Å². The van der Waals surface area contributed by atoms with Gasteiger partial charge in [-0.1, -0.05) is 6.07 Å². The van der Waals surface area contributed by atoms with Gasteiger partial charge in [-0.15, -0.1) is 11.3 Å². The lowest BCUT2D eigenvalue weighted by Crippen LogP contribution is -2.09. The van der Waals surface area contributed by atoms with Gasteiger partial charge in [0.15, 0.2) is 17.3 Å². The number of rotatable bonds is 6. The molecular weight excluding hydrogens is 402 g/mol. The highest BCUT2D eigenvalue weighted by Crippen LogP contribution is 2.32. The van der Waals surface area contributed by atoms with Crippen LogP contribution < -0.4 is 14.8 Å². The molecule has 0 aliphatic heterocycles. The number of nitrogens with one attached hydrogen (secondary N) is 1. The van der Waals surface area contributed by atoms with E-state index in [-0.39, 0.29) is 17.5 Å². The van der Waals surface area contributed by atoms with Gasteiger partial charge in [0, 0.05) is 28.3 Å². The highest BCUT2D eigenvalue weighted by Gasteiger charge is 2.21. The summed E-state index contributed by atoms with van der Waals surface area (Å²) in [5, 5.41) is 5.51. The van der Waals surface area contributed by atoms with Gasteiger partial charge >= 0.3 is 0 Å². The van der Waals surface area contributed by atoms with Crippen LogP contribution in [0, 0.1) is 6.92 Å². The van der Waals surface area contributed by atoms with E-state index in [4.69, 9.17) is 13.9 Å². The summed E-state index contributed by atoms with van der Waals surface area (Å²) in [6.07, 6.45) is 0. The van der Waals surface area contributed by atoms with Crippen molar-refractivity contribution in [3.05, 3.63) is 75.7 Å². The average molecular weight is 421 g/mol. The molecule has 2 aromatic heterocycles. The van der Waals surface area contributed by atoms with Crippen LogP contribution in [-0.2, 0) is 0 Å². The van der Waals surface area contributed by atoms with E-state index in [1.165, 1.54) is 25.6 Å². The van der Waals surface area contributed by atoms with Gasteiger partial charge in [-0.3, -0.25) is 9.59 Å². The lowest BCUT2D eigenvalue weighted by atomic mass is 10.0. The van der Waals surface area contributed by atoms with E-state index in [1.54, 1.807) is 36.4 Å². The molecule has 0 saturated carbocycles. The molecule has 0 aliphatic rings. The number of fused-ring (bicyclic) bond motifs is 1. The summed E-state index contributed by atoms with van der Waals surface area (Å²) in [7, 11) is 3.06. The van der Waals surface area contributed by atoms with Gasteiger partial charge in [0.25, 0.3) is 5.91 Å². The summed E-state index contributed by atoms with van der Waals surface area (Å²) in [5.41, 5.74) is 2.29. The molecule has 2 heterocycles. The minimum absolute atomic E-state index is 0.186. The number of amides is 1. The number of ether oxygens (including phenoxy) is 2. The fourth-order valence-electron chi connectivity index (χ4n) is 3.23. The summed E-state index contributed by atoms with van der Waals surface area (Å²) in [6, 6.07) is 13.9. The van der Waals surface area contributed by atoms with Crippen molar-refractivity contribution in [2.24, 2.45) is 0 Å². The number of carbonyl (C=O) groups is 2. The number of methoxy groups -OCH3 is 2. The molecule has 30 heavy (non-hydrogen) atoms. The zero-order valence-electron chi connectivity index (χ0n) is 16.6. The molecule has 0 fully saturated rings. The second-order valence-electron chi connectivity index (χ2n) is 6.60. The average Bonchev–Trinajstić information content (AvgIpc) is 3.41. The Labute approximate surface area is 177 Å². The van der Waals surface area contributed by atoms with Crippen LogP contribution in [-0.4, -0.2) is 25.9 Å². The number of benzene rings is 2. The molecule has 7 heteroatoms. The highest BCUT2D eigenvalue weighted by atomic mass is 32.1. The predicted octanol–water partition coefficient (Wildman–Crippen LogP) is 5.30. The zero-order valence-corrected chi connectivity index (χ0v) is 17.5. The molecule has 0 unspecified atom stereocenters. The van der Waals surface area contributed by atoms with Crippen LogP contribution in [0.1, 0.15) is 31.4 Å². The van der Waals surface area contributed by atoms with Gasteiger partial charge in [0.2, 0.25) is 5.78 Å². The Kier molecular flexibility index (Phi) is 5.29. The van der Waals surface area contributed by atoms with Gasteiger partial charge in [0.05, 0.1) is 19.1 Å². The molecule has 1 amide bonds. The van der Waals surface area contributed by atoms with Crippen molar-refractivity contribution in [1.29, 1.82) is 0 Å². The predicted molar refractivity (Wildman–Crippen MR) is 116 cm³/mol. The Hall–Kier alpha value is -3.58. The fourth-order valence-corrected chi connectivity index (χ4v) is 3.85. The number of hydrogen-bond acceptors (Lipinski definition) is 6. The Morgan fingerprint density at radius 1 is 1.00 bits per heavy atom. The minimum Gasteiger partial charge on any atom is -0.493 e. The number of thiophene rings is 1. The van der Waals surface area contributed by atoms with E-state index in [2.05, 4.69) is 5.32 Å². The topological polar surface area (TPSA) is 77.8 Å². The first-order valence-electron chi connectivity index (χ1n) is 9.16. The van der Waals surface area contributed by atoms with Gasteiger partial charge in [-0.2, -0.15) is 0 Å². The smallest absolute Gasteiger partial charge is 0.265 e. The zero-order chi connectivity index (χ0) is 21.3. The summed E-state index contributed by atoms with van der Waals surface area (Å²) in [4.78, 5) is 26.0. The Morgan fingerprint density at radius 2 is 1.80 bits per heavy atom. The van der Waals surface area contributed by atoms with E-state index >= 15 is 0 Å². The molecule has 4 rings (SSSR count). The van der Waals surface area contributed by atoms with Crippen LogP contribution in [0.2, 0.25) is 0 Å². The van der Waals surface area contributed by atoms with Crippen LogP contribution in [0.25, 0.3) is 11.0 Å². The van der Waals surface area contributed by atoms with Crippen molar-refractivity contribution in [2.45, 2.75) is 6.92 Å². The normalized spacial score (nSPS) is 10.8. The molecule has 1 N–H and O–H groups in total. The van der Waals surface area contributed by atoms with Crippen LogP contribution in [0.3, 0.4) is 0 Å². The van der Waals surface area contributed by atoms with Crippen molar-refractivity contribution >= 4 is 39.7 Å². The third-order valence-electron chi connectivity index (χ3n) is 4.79. The van der Waals surface area contributed by atoms with Gasteiger partial charge < -0.3 is 19.2 Å². The summed E-state index contributed by atoms with van der Waals surface area (Å²) >= 11 is 1.37. The summed E-state index contributed by atoms with van der Waals surface area (Å²) in [5.74, 6) is 0.819. The Morgan fingerprint density at radius 3 is 2.50 bits per heavy atom. The van der Waals surface area contributed by atoms with Gasteiger partial charge in [0.1, 0.15) is 5.58 Å².